The molecular weight excluding hydrogens is 321 g/mol. The number of thiophene rings is 1. The number of amides is 1. The van der Waals surface area contributed by atoms with Crippen LogP contribution in [0.3, 0.4) is 0 Å². The number of carboxylic acid groups (broad SMARTS) is 1. The molecule has 1 aromatic heterocycles. The lowest BCUT2D eigenvalue weighted by Crippen LogP contribution is -2.14. The molecule has 1 aromatic carbocycles. The van der Waals surface area contributed by atoms with E-state index >= 15 is 0 Å². The van der Waals surface area contributed by atoms with E-state index in [0.29, 0.717) is 9.90 Å². The summed E-state index contributed by atoms with van der Waals surface area (Å²) < 4.78 is 0. The van der Waals surface area contributed by atoms with E-state index in [1.165, 1.54) is 29.5 Å². The van der Waals surface area contributed by atoms with E-state index < -0.39 is 11.9 Å². The predicted molar refractivity (Wildman–Crippen MR) is 80.4 cm³/mol. The second kappa shape index (κ2) is 5.83. The number of carbonyl (C=O) groups excluding carboxylic acids is 1. The molecule has 1 heterocycles. The SMILES string of the molecule is Cc1csc(C(=O)Nc2ccc(Cl)cc2C(=O)O)c1Cl. The number of aromatic carboxylic acids is 1. The number of rotatable bonds is 3. The number of aryl methyl sites for hydroxylation is 1. The number of anilines is 1. The lowest BCUT2D eigenvalue weighted by molar-refractivity contribution is 0.0698. The molecule has 0 aliphatic carbocycles. The van der Waals surface area contributed by atoms with E-state index in [0.717, 1.165) is 5.56 Å². The van der Waals surface area contributed by atoms with Gasteiger partial charge in [-0.05, 0) is 36.1 Å². The van der Waals surface area contributed by atoms with Crippen molar-refractivity contribution in [2.45, 2.75) is 6.92 Å². The minimum absolute atomic E-state index is 0.0738. The summed E-state index contributed by atoms with van der Waals surface area (Å²) in [5, 5.41) is 14.1. The second-order valence-electron chi connectivity index (χ2n) is 4.01. The summed E-state index contributed by atoms with van der Waals surface area (Å²) >= 11 is 13.0. The fourth-order valence-electron chi connectivity index (χ4n) is 1.56. The Morgan fingerprint density at radius 2 is 2.00 bits per heavy atom. The van der Waals surface area contributed by atoms with E-state index in [-0.39, 0.29) is 16.3 Å². The van der Waals surface area contributed by atoms with Crippen molar-refractivity contribution in [3.63, 3.8) is 0 Å². The van der Waals surface area contributed by atoms with Gasteiger partial charge in [-0.1, -0.05) is 23.2 Å². The van der Waals surface area contributed by atoms with Crippen LogP contribution in [0, 0.1) is 6.92 Å². The van der Waals surface area contributed by atoms with Gasteiger partial charge in [0, 0.05) is 5.02 Å². The number of nitrogens with one attached hydrogen (secondary N) is 1. The monoisotopic (exact) mass is 329 g/mol. The Morgan fingerprint density at radius 1 is 1.30 bits per heavy atom. The molecule has 20 heavy (non-hydrogen) atoms. The maximum atomic E-state index is 12.1. The molecule has 0 saturated carbocycles. The third-order valence-electron chi connectivity index (χ3n) is 2.57. The Morgan fingerprint density at radius 3 is 2.55 bits per heavy atom. The standard InChI is InChI=1S/C13H9Cl2NO3S/c1-6-5-20-11(10(6)15)12(17)16-9-3-2-7(14)4-8(9)13(18)19/h2-5H,1H3,(H,16,17)(H,18,19). The fraction of sp³-hybridized carbons (Fsp3) is 0.0769. The summed E-state index contributed by atoms with van der Waals surface area (Å²) in [6, 6.07) is 4.23. The van der Waals surface area contributed by atoms with Crippen LogP contribution in [0.2, 0.25) is 10.0 Å². The molecule has 4 nitrogen and oxygen atoms in total. The van der Waals surface area contributed by atoms with Crippen molar-refractivity contribution in [1.82, 2.24) is 0 Å². The Balaban J connectivity index is 2.33. The van der Waals surface area contributed by atoms with Gasteiger partial charge >= 0.3 is 5.97 Å². The highest BCUT2D eigenvalue weighted by atomic mass is 35.5. The Hall–Kier alpha value is -1.56. The lowest BCUT2D eigenvalue weighted by Gasteiger charge is -2.08. The van der Waals surface area contributed by atoms with E-state index in [2.05, 4.69) is 5.32 Å². The van der Waals surface area contributed by atoms with Gasteiger partial charge < -0.3 is 10.4 Å². The van der Waals surface area contributed by atoms with Crippen LogP contribution in [0.15, 0.2) is 23.6 Å². The van der Waals surface area contributed by atoms with Crippen molar-refractivity contribution in [3.8, 4) is 0 Å². The molecule has 2 rings (SSSR count). The van der Waals surface area contributed by atoms with Crippen LogP contribution in [-0.4, -0.2) is 17.0 Å². The first-order valence-electron chi connectivity index (χ1n) is 5.48. The smallest absolute Gasteiger partial charge is 0.337 e. The highest BCUT2D eigenvalue weighted by Gasteiger charge is 2.18. The number of carbonyl (C=O) groups is 2. The predicted octanol–water partition coefficient (Wildman–Crippen LogP) is 4.31. The minimum Gasteiger partial charge on any atom is -0.478 e. The second-order valence-corrected chi connectivity index (χ2v) is 5.71. The fourth-order valence-corrected chi connectivity index (χ4v) is 2.91. The van der Waals surface area contributed by atoms with Gasteiger partial charge in [0.25, 0.3) is 5.91 Å². The van der Waals surface area contributed by atoms with Gasteiger partial charge in [0.15, 0.2) is 0 Å². The molecule has 104 valence electrons. The lowest BCUT2D eigenvalue weighted by atomic mass is 10.1. The zero-order valence-electron chi connectivity index (χ0n) is 10.2. The highest BCUT2D eigenvalue weighted by Crippen LogP contribution is 2.29. The molecule has 7 heteroatoms. The van der Waals surface area contributed by atoms with Crippen LogP contribution in [-0.2, 0) is 0 Å². The molecule has 0 spiro atoms. The summed E-state index contributed by atoms with van der Waals surface area (Å²) in [5.41, 5.74) is 0.903. The average molecular weight is 330 g/mol. The maximum Gasteiger partial charge on any atom is 0.337 e. The summed E-state index contributed by atoms with van der Waals surface area (Å²) in [4.78, 5) is 23.6. The van der Waals surface area contributed by atoms with Crippen LogP contribution in [0.1, 0.15) is 25.6 Å². The summed E-state index contributed by atoms with van der Waals surface area (Å²) in [7, 11) is 0. The Bertz CT molecular complexity index is 697. The molecule has 0 bridgehead atoms. The van der Waals surface area contributed by atoms with Gasteiger partial charge in [0.2, 0.25) is 0 Å². The summed E-state index contributed by atoms with van der Waals surface area (Å²) in [5.74, 6) is -1.62. The number of halogens is 2. The van der Waals surface area contributed by atoms with Crippen LogP contribution in [0.25, 0.3) is 0 Å². The largest absolute Gasteiger partial charge is 0.478 e. The first-order valence-corrected chi connectivity index (χ1v) is 7.11. The van der Waals surface area contributed by atoms with Gasteiger partial charge in [-0.25, -0.2) is 4.79 Å². The van der Waals surface area contributed by atoms with E-state index in [1.807, 2.05) is 0 Å². The van der Waals surface area contributed by atoms with Crippen molar-refractivity contribution < 1.29 is 14.7 Å². The van der Waals surface area contributed by atoms with Gasteiger partial charge in [-0.15, -0.1) is 11.3 Å². The summed E-state index contributed by atoms with van der Waals surface area (Å²) in [6.45, 7) is 1.79. The number of hydrogen-bond acceptors (Lipinski definition) is 3. The quantitative estimate of drug-likeness (QED) is 0.881. The van der Waals surface area contributed by atoms with Gasteiger partial charge in [-0.2, -0.15) is 0 Å². The Labute approximate surface area is 128 Å². The van der Waals surface area contributed by atoms with Crippen LogP contribution >= 0.6 is 34.5 Å². The number of carboxylic acids is 1. The normalized spacial score (nSPS) is 10.3. The molecule has 2 aromatic rings. The third-order valence-corrected chi connectivity index (χ3v) is 4.50. The average Bonchev–Trinajstić information content (AvgIpc) is 2.72. The number of hydrogen-bond donors (Lipinski definition) is 2. The zero-order chi connectivity index (χ0) is 14.9. The minimum atomic E-state index is -1.17. The van der Waals surface area contributed by atoms with Crippen molar-refractivity contribution in [2.24, 2.45) is 0 Å². The Kier molecular flexibility index (Phi) is 4.32. The van der Waals surface area contributed by atoms with Crippen molar-refractivity contribution in [1.29, 1.82) is 0 Å². The van der Waals surface area contributed by atoms with Crippen LogP contribution in [0.5, 0.6) is 0 Å². The topological polar surface area (TPSA) is 66.4 Å². The van der Waals surface area contributed by atoms with Crippen LogP contribution in [0.4, 0.5) is 5.69 Å². The van der Waals surface area contributed by atoms with Crippen molar-refractivity contribution >= 4 is 52.1 Å². The van der Waals surface area contributed by atoms with E-state index in [9.17, 15) is 9.59 Å². The molecule has 0 aliphatic heterocycles. The number of benzene rings is 1. The molecule has 0 aliphatic rings. The summed E-state index contributed by atoms with van der Waals surface area (Å²) in [6.07, 6.45) is 0. The van der Waals surface area contributed by atoms with Gasteiger partial charge in [0.05, 0.1) is 16.3 Å². The van der Waals surface area contributed by atoms with Crippen LogP contribution < -0.4 is 5.32 Å². The van der Waals surface area contributed by atoms with Gasteiger partial charge in [-0.3, -0.25) is 4.79 Å². The zero-order valence-corrected chi connectivity index (χ0v) is 12.6. The molecule has 0 saturated heterocycles. The molecular formula is C13H9Cl2NO3S. The molecule has 0 fully saturated rings. The van der Waals surface area contributed by atoms with Crippen molar-refractivity contribution in [2.75, 3.05) is 5.32 Å². The first kappa shape index (κ1) is 14.8. The van der Waals surface area contributed by atoms with E-state index in [4.69, 9.17) is 28.3 Å². The molecule has 0 radical (unpaired) electrons. The molecule has 1 amide bonds. The van der Waals surface area contributed by atoms with E-state index in [1.54, 1.807) is 12.3 Å². The van der Waals surface area contributed by atoms with Crippen molar-refractivity contribution in [3.05, 3.63) is 49.6 Å². The molecule has 0 unspecified atom stereocenters. The van der Waals surface area contributed by atoms with Gasteiger partial charge in [0.1, 0.15) is 4.88 Å². The molecule has 0 atom stereocenters. The third kappa shape index (κ3) is 2.95. The highest BCUT2D eigenvalue weighted by molar-refractivity contribution is 7.13. The first-order chi connectivity index (χ1) is 9.40. The molecule has 2 N–H and O–H groups in total. The maximum absolute atomic E-state index is 12.1.